The molecule has 0 rings (SSSR count). The first-order valence-electron chi connectivity index (χ1n) is 5.14. The van der Waals surface area contributed by atoms with Gasteiger partial charge in [-0.1, -0.05) is 32.8 Å². The van der Waals surface area contributed by atoms with E-state index in [-0.39, 0.29) is 5.92 Å². The topological polar surface area (TPSA) is 40.5 Å². The third kappa shape index (κ3) is 4.44. The number of hydrogen-bond donors (Lipinski definition) is 2. The Labute approximate surface area is 81.3 Å². The smallest absolute Gasteiger partial charge is 0.0827 e. The molecule has 2 atom stereocenters. The lowest BCUT2D eigenvalue weighted by Gasteiger charge is -2.24. The molecule has 0 fully saturated rings. The van der Waals surface area contributed by atoms with Gasteiger partial charge < -0.3 is 10.2 Å². The first kappa shape index (κ1) is 12.7. The highest BCUT2D eigenvalue weighted by Crippen LogP contribution is 2.18. The standard InChI is InChI=1S/C11H22O2/c1-4-7-8-10(12)11(13)9(5-2)6-3/h4,9-13H,1,5-8H2,2-3H3. The molecule has 0 saturated heterocycles. The van der Waals surface area contributed by atoms with Crippen LogP contribution in [0.2, 0.25) is 0 Å². The minimum atomic E-state index is -0.595. The second-order valence-corrected chi connectivity index (χ2v) is 3.50. The summed E-state index contributed by atoms with van der Waals surface area (Å²) in [5, 5.41) is 19.3. The van der Waals surface area contributed by atoms with E-state index < -0.39 is 12.2 Å². The minimum Gasteiger partial charge on any atom is -0.390 e. The lowest BCUT2D eigenvalue weighted by Crippen LogP contribution is -2.32. The average molecular weight is 186 g/mol. The third-order valence-electron chi connectivity index (χ3n) is 2.59. The van der Waals surface area contributed by atoms with E-state index in [0.717, 1.165) is 19.3 Å². The van der Waals surface area contributed by atoms with Crippen LogP contribution in [0.5, 0.6) is 0 Å². The highest BCUT2D eigenvalue weighted by molar-refractivity contribution is 4.77. The molecule has 0 radical (unpaired) electrons. The van der Waals surface area contributed by atoms with Gasteiger partial charge in [0.2, 0.25) is 0 Å². The van der Waals surface area contributed by atoms with Gasteiger partial charge in [0.25, 0.3) is 0 Å². The Hall–Kier alpha value is -0.340. The molecule has 0 spiro atoms. The Bertz CT molecular complexity index is 130. The first-order chi connectivity index (χ1) is 6.17. The van der Waals surface area contributed by atoms with Gasteiger partial charge in [-0.05, 0) is 18.8 Å². The van der Waals surface area contributed by atoms with Crippen LogP contribution in [0.1, 0.15) is 39.5 Å². The van der Waals surface area contributed by atoms with Gasteiger partial charge in [0.15, 0.2) is 0 Å². The molecule has 0 heterocycles. The molecule has 0 aromatic rings. The van der Waals surface area contributed by atoms with Gasteiger partial charge in [0.1, 0.15) is 0 Å². The molecule has 2 unspecified atom stereocenters. The second-order valence-electron chi connectivity index (χ2n) is 3.50. The van der Waals surface area contributed by atoms with Crippen LogP contribution < -0.4 is 0 Å². The molecular formula is C11H22O2. The first-order valence-corrected chi connectivity index (χ1v) is 5.14. The molecule has 0 aromatic heterocycles. The van der Waals surface area contributed by atoms with Crippen LogP contribution in [-0.2, 0) is 0 Å². The minimum absolute atomic E-state index is 0.222. The molecule has 2 nitrogen and oxygen atoms in total. The van der Waals surface area contributed by atoms with Crippen molar-refractivity contribution in [3.05, 3.63) is 12.7 Å². The van der Waals surface area contributed by atoms with E-state index in [1.54, 1.807) is 6.08 Å². The molecule has 78 valence electrons. The van der Waals surface area contributed by atoms with Gasteiger partial charge in [-0.15, -0.1) is 6.58 Å². The molecule has 0 saturated carbocycles. The van der Waals surface area contributed by atoms with Crippen molar-refractivity contribution in [1.29, 1.82) is 0 Å². The summed E-state index contributed by atoms with van der Waals surface area (Å²) in [5.74, 6) is 0.222. The predicted octanol–water partition coefficient (Wildman–Crippen LogP) is 2.11. The van der Waals surface area contributed by atoms with Crippen LogP contribution in [0.4, 0.5) is 0 Å². The number of hydrogen-bond acceptors (Lipinski definition) is 2. The van der Waals surface area contributed by atoms with Gasteiger partial charge in [0, 0.05) is 0 Å². The zero-order chi connectivity index (χ0) is 10.3. The van der Waals surface area contributed by atoms with E-state index in [1.165, 1.54) is 0 Å². The van der Waals surface area contributed by atoms with E-state index in [2.05, 4.69) is 6.58 Å². The number of aliphatic hydroxyl groups excluding tert-OH is 2. The Morgan fingerprint density at radius 3 is 2.15 bits per heavy atom. The SMILES string of the molecule is C=CCCC(O)C(O)C(CC)CC. The van der Waals surface area contributed by atoms with E-state index in [1.807, 2.05) is 13.8 Å². The molecule has 13 heavy (non-hydrogen) atoms. The largest absolute Gasteiger partial charge is 0.390 e. The van der Waals surface area contributed by atoms with Gasteiger partial charge >= 0.3 is 0 Å². The monoisotopic (exact) mass is 186 g/mol. The van der Waals surface area contributed by atoms with Crippen molar-refractivity contribution >= 4 is 0 Å². The van der Waals surface area contributed by atoms with Gasteiger partial charge in [-0.2, -0.15) is 0 Å². The van der Waals surface area contributed by atoms with Gasteiger partial charge in [-0.3, -0.25) is 0 Å². The van der Waals surface area contributed by atoms with Crippen LogP contribution in [0.3, 0.4) is 0 Å². The Balaban J connectivity index is 3.90. The highest BCUT2D eigenvalue weighted by Gasteiger charge is 2.22. The van der Waals surface area contributed by atoms with Crippen molar-refractivity contribution in [2.24, 2.45) is 5.92 Å². The second kappa shape index (κ2) is 7.10. The molecule has 0 aliphatic rings. The zero-order valence-corrected chi connectivity index (χ0v) is 8.74. The molecule has 0 aliphatic carbocycles. The quantitative estimate of drug-likeness (QED) is 0.598. The van der Waals surface area contributed by atoms with Crippen molar-refractivity contribution in [3.63, 3.8) is 0 Å². The summed E-state index contributed by atoms with van der Waals surface area (Å²) in [7, 11) is 0. The van der Waals surface area contributed by atoms with Crippen LogP contribution in [-0.4, -0.2) is 22.4 Å². The van der Waals surface area contributed by atoms with Crippen LogP contribution in [0.25, 0.3) is 0 Å². The summed E-state index contributed by atoms with van der Waals surface area (Å²) < 4.78 is 0. The fourth-order valence-corrected chi connectivity index (χ4v) is 1.55. The van der Waals surface area contributed by atoms with Crippen molar-refractivity contribution in [2.45, 2.75) is 51.7 Å². The third-order valence-corrected chi connectivity index (χ3v) is 2.59. The fourth-order valence-electron chi connectivity index (χ4n) is 1.55. The number of rotatable bonds is 7. The lowest BCUT2D eigenvalue weighted by molar-refractivity contribution is -0.0226. The van der Waals surface area contributed by atoms with Crippen LogP contribution in [0, 0.1) is 5.92 Å². The maximum absolute atomic E-state index is 9.72. The van der Waals surface area contributed by atoms with Crippen LogP contribution in [0.15, 0.2) is 12.7 Å². The summed E-state index contributed by atoms with van der Waals surface area (Å²) in [4.78, 5) is 0. The highest BCUT2D eigenvalue weighted by atomic mass is 16.3. The predicted molar refractivity (Wildman–Crippen MR) is 55.5 cm³/mol. The Kier molecular flexibility index (Phi) is 6.92. The molecule has 0 aromatic carbocycles. The summed E-state index contributed by atoms with van der Waals surface area (Å²) in [5.41, 5.74) is 0. The van der Waals surface area contributed by atoms with E-state index in [4.69, 9.17) is 0 Å². The van der Waals surface area contributed by atoms with Crippen molar-refractivity contribution < 1.29 is 10.2 Å². The zero-order valence-electron chi connectivity index (χ0n) is 8.74. The molecule has 0 bridgehead atoms. The Morgan fingerprint density at radius 2 is 1.77 bits per heavy atom. The van der Waals surface area contributed by atoms with E-state index in [0.29, 0.717) is 6.42 Å². The molecule has 0 aliphatic heterocycles. The van der Waals surface area contributed by atoms with Gasteiger partial charge in [-0.25, -0.2) is 0 Å². The maximum atomic E-state index is 9.72. The lowest BCUT2D eigenvalue weighted by atomic mass is 9.91. The van der Waals surface area contributed by atoms with E-state index in [9.17, 15) is 10.2 Å². The Morgan fingerprint density at radius 1 is 1.23 bits per heavy atom. The molecule has 2 heteroatoms. The fraction of sp³-hybridized carbons (Fsp3) is 0.818. The summed E-state index contributed by atoms with van der Waals surface area (Å²) in [6.07, 6.45) is 3.81. The van der Waals surface area contributed by atoms with Crippen molar-refractivity contribution in [3.8, 4) is 0 Å². The summed E-state index contributed by atoms with van der Waals surface area (Å²) in [6.45, 7) is 7.66. The number of aliphatic hydroxyl groups is 2. The average Bonchev–Trinajstić information content (AvgIpc) is 2.15. The normalized spacial score (nSPS) is 15.8. The maximum Gasteiger partial charge on any atom is 0.0827 e. The summed E-state index contributed by atoms with van der Waals surface area (Å²) in [6, 6.07) is 0. The summed E-state index contributed by atoms with van der Waals surface area (Å²) >= 11 is 0. The van der Waals surface area contributed by atoms with Crippen LogP contribution >= 0.6 is 0 Å². The molecule has 0 amide bonds. The van der Waals surface area contributed by atoms with Crippen molar-refractivity contribution in [1.82, 2.24) is 0 Å². The molecule has 2 N–H and O–H groups in total. The van der Waals surface area contributed by atoms with E-state index >= 15 is 0 Å². The molecular weight excluding hydrogens is 164 g/mol. The number of allylic oxidation sites excluding steroid dienone is 1. The van der Waals surface area contributed by atoms with Gasteiger partial charge in [0.05, 0.1) is 12.2 Å². The van der Waals surface area contributed by atoms with Crippen molar-refractivity contribution in [2.75, 3.05) is 0 Å².